The molecule has 0 aromatic carbocycles. The van der Waals surface area contributed by atoms with Crippen LogP contribution in [0.3, 0.4) is 0 Å². The van der Waals surface area contributed by atoms with Gasteiger partial charge in [0.1, 0.15) is 0 Å². The number of carbonyl (C=O) groups excluding carboxylic acids is 3. The summed E-state index contributed by atoms with van der Waals surface area (Å²) in [4.78, 5) is 37.6. The molecule has 17 heavy (non-hydrogen) atoms. The van der Waals surface area contributed by atoms with Crippen LogP contribution in [-0.4, -0.2) is 53.4 Å². The second kappa shape index (κ2) is 3.72. The van der Waals surface area contributed by atoms with Gasteiger partial charge in [-0.3, -0.25) is 9.59 Å². The van der Waals surface area contributed by atoms with Crippen LogP contribution in [0.15, 0.2) is 0 Å². The predicted molar refractivity (Wildman–Crippen MR) is 55.9 cm³/mol. The number of carbonyl (C=O) groups is 3. The lowest BCUT2D eigenvalue weighted by Gasteiger charge is -2.20. The zero-order chi connectivity index (χ0) is 12.0. The van der Waals surface area contributed by atoms with Crippen molar-refractivity contribution in [1.82, 2.24) is 9.80 Å². The monoisotopic (exact) mass is 238 g/mol. The van der Waals surface area contributed by atoms with Gasteiger partial charge in [-0.1, -0.05) is 0 Å². The SMILES string of the molecule is O=C(C1CC1)N1CCC(N2C(=O)COC2=O)C1. The standard InChI is InChI=1S/C11H14N2O4/c14-9-6-17-11(16)13(9)8-3-4-12(5-8)10(15)7-1-2-7/h7-8H,1-6H2. The molecule has 0 N–H and O–H groups in total. The molecule has 2 heterocycles. The molecule has 3 rings (SSSR count). The molecule has 3 aliphatic rings. The van der Waals surface area contributed by atoms with Crippen molar-refractivity contribution in [2.45, 2.75) is 25.3 Å². The van der Waals surface area contributed by atoms with E-state index in [0.29, 0.717) is 19.5 Å². The van der Waals surface area contributed by atoms with Gasteiger partial charge in [0.05, 0.1) is 6.04 Å². The van der Waals surface area contributed by atoms with Gasteiger partial charge in [-0.05, 0) is 19.3 Å². The number of cyclic esters (lactones) is 1. The first-order chi connectivity index (χ1) is 8.16. The average Bonchev–Trinajstić information content (AvgIpc) is 2.96. The Morgan fingerprint density at radius 2 is 2.00 bits per heavy atom. The summed E-state index contributed by atoms with van der Waals surface area (Å²) in [6.07, 6.45) is 2.05. The van der Waals surface area contributed by atoms with Crippen molar-refractivity contribution in [1.29, 1.82) is 0 Å². The maximum atomic E-state index is 11.8. The Bertz CT molecular complexity index is 375. The van der Waals surface area contributed by atoms with Crippen LogP contribution < -0.4 is 0 Å². The summed E-state index contributed by atoms with van der Waals surface area (Å²) in [5.41, 5.74) is 0. The first-order valence-corrected chi connectivity index (χ1v) is 5.94. The van der Waals surface area contributed by atoms with Crippen LogP contribution in [0.2, 0.25) is 0 Å². The van der Waals surface area contributed by atoms with Crippen LogP contribution in [0.5, 0.6) is 0 Å². The molecule has 1 aliphatic carbocycles. The highest BCUT2D eigenvalue weighted by atomic mass is 16.6. The molecule has 1 saturated carbocycles. The summed E-state index contributed by atoms with van der Waals surface area (Å²) in [5, 5.41) is 0. The number of amides is 3. The van der Waals surface area contributed by atoms with Crippen LogP contribution in [0, 0.1) is 5.92 Å². The predicted octanol–water partition coefficient (Wildman–Crippen LogP) is -0.0239. The number of hydrogen-bond donors (Lipinski definition) is 0. The minimum absolute atomic E-state index is 0.161. The fraction of sp³-hybridized carbons (Fsp3) is 0.727. The quantitative estimate of drug-likeness (QED) is 0.678. The molecule has 92 valence electrons. The minimum Gasteiger partial charge on any atom is -0.439 e. The third-order valence-electron chi connectivity index (χ3n) is 3.55. The van der Waals surface area contributed by atoms with Crippen molar-refractivity contribution in [3.63, 3.8) is 0 Å². The molecule has 0 aromatic heterocycles. The summed E-state index contributed by atoms with van der Waals surface area (Å²) in [6, 6.07) is -0.194. The molecular weight excluding hydrogens is 224 g/mol. The third kappa shape index (κ3) is 1.77. The summed E-state index contributed by atoms with van der Waals surface area (Å²) in [5.74, 6) is 0.0724. The van der Waals surface area contributed by atoms with E-state index in [2.05, 4.69) is 4.74 Å². The van der Waals surface area contributed by atoms with Gasteiger partial charge in [0.15, 0.2) is 6.61 Å². The fourth-order valence-electron chi connectivity index (χ4n) is 2.46. The molecule has 0 aromatic rings. The highest BCUT2D eigenvalue weighted by Gasteiger charge is 2.43. The molecule has 0 spiro atoms. The third-order valence-corrected chi connectivity index (χ3v) is 3.55. The molecule has 3 fully saturated rings. The normalized spacial score (nSPS) is 28.8. The second-order valence-electron chi connectivity index (χ2n) is 4.82. The van der Waals surface area contributed by atoms with Gasteiger partial charge < -0.3 is 9.64 Å². The average molecular weight is 238 g/mol. The van der Waals surface area contributed by atoms with Crippen molar-refractivity contribution in [2.24, 2.45) is 5.92 Å². The largest absolute Gasteiger partial charge is 0.439 e. The Morgan fingerprint density at radius 1 is 1.24 bits per heavy atom. The zero-order valence-electron chi connectivity index (χ0n) is 9.42. The van der Waals surface area contributed by atoms with E-state index in [1.165, 1.54) is 4.90 Å². The van der Waals surface area contributed by atoms with E-state index in [0.717, 1.165) is 12.8 Å². The summed E-state index contributed by atoms with van der Waals surface area (Å²) in [6.45, 7) is 0.944. The topological polar surface area (TPSA) is 66.9 Å². The molecular formula is C11H14N2O4. The Kier molecular flexibility index (Phi) is 2.31. The van der Waals surface area contributed by atoms with Crippen molar-refractivity contribution >= 4 is 17.9 Å². The molecule has 6 nitrogen and oxygen atoms in total. The van der Waals surface area contributed by atoms with Gasteiger partial charge in [0.25, 0.3) is 5.91 Å². The number of hydrogen-bond acceptors (Lipinski definition) is 4. The smallest absolute Gasteiger partial charge is 0.417 e. The fourth-order valence-corrected chi connectivity index (χ4v) is 2.46. The minimum atomic E-state index is -0.569. The van der Waals surface area contributed by atoms with Gasteiger partial charge in [-0.25, -0.2) is 9.69 Å². The molecule has 2 aliphatic heterocycles. The Labute approximate surface area is 98.5 Å². The van der Waals surface area contributed by atoms with Crippen LogP contribution in [0.25, 0.3) is 0 Å². The lowest BCUT2D eigenvalue weighted by atomic mass is 10.2. The summed E-state index contributed by atoms with van der Waals surface area (Å²) in [7, 11) is 0. The molecule has 3 amide bonds. The van der Waals surface area contributed by atoms with E-state index in [1.807, 2.05) is 0 Å². The molecule has 2 saturated heterocycles. The van der Waals surface area contributed by atoms with Crippen molar-refractivity contribution < 1.29 is 19.1 Å². The van der Waals surface area contributed by atoms with Gasteiger partial charge in [-0.15, -0.1) is 0 Å². The highest BCUT2D eigenvalue weighted by Crippen LogP contribution is 2.32. The Morgan fingerprint density at radius 3 is 2.59 bits per heavy atom. The van der Waals surface area contributed by atoms with Gasteiger partial charge in [0.2, 0.25) is 5.91 Å². The molecule has 1 unspecified atom stereocenters. The Hall–Kier alpha value is -1.59. The number of ether oxygens (including phenoxy) is 1. The molecule has 0 bridgehead atoms. The van der Waals surface area contributed by atoms with Crippen molar-refractivity contribution in [2.75, 3.05) is 19.7 Å². The van der Waals surface area contributed by atoms with Gasteiger partial charge in [-0.2, -0.15) is 0 Å². The van der Waals surface area contributed by atoms with Crippen LogP contribution >= 0.6 is 0 Å². The lowest BCUT2D eigenvalue weighted by Crippen LogP contribution is -2.42. The van der Waals surface area contributed by atoms with Crippen molar-refractivity contribution in [3.8, 4) is 0 Å². The molecule has 6 heteroatoms. The second-order valence-corrected chi connectivity index (χ2v) is 4.82. The maximum Gasteiger partial charge on any atom is 0.417 e. The van der Waals surface area contributed by atoms with Crippen LogP contribution in [0.4, 0.5) is 4.79 Å². The zero-order valence-corrected chi connectivity index (χ0v) is 9.42. The first-order valence-electron chi connectivity index (χ1n) is 5.94. The van der Waals surface area contributed by atoms with Crippen LogP contribution in [0.1, 0.15) is 19.3 Å². The first kappa shape index (κ1) is 10.6. The van der Waals surface area contributed by atoms with E-state index in [9.17, 15) is 14.4 Å². The number of likely N-dealkylation sites (tertiary alicyclic amines) is 1. The number of imide groups is 1. The van der Waals surface area contributed by atoms with Gasteiger partial charge in [0, 0.05) is 19.0 Å². The van der Waals surface area contributed by atoms with E-state index in [-0.39, 0.29) is 30.4 Å². The molecule has 0 radical (unpaired) electrons. The lowest BCUT2D eigenvalue weighted by molar-refractivity contribution is -0.132. The van der Waals surface area contributed by atoms with Crippen LogP contribution in [-0.2, 0) is 14.3 Å². The Balaban J connectivity index is 1.65. The summed E-state index contributed by atoms with van der Waals surface area (Å²) < 4.78 is 4.68. The van der Waals surface area contributed by atoms with Gasteiger partial charge >= 0.3 is 6.09 Å². The van der Waals surface area contributed by atoms with E-state index in [1.54, 1.807) is 4.90 Å². The van der Waals surface area contributed by atoms with Crippen molar-refractivity contribution in [3.05, 3.63) is 0 Å². The highest BCUT2D eigenvalue weighted by molar-refractivity contribution is 5.98. The number of nitrogens with zero attached hydrogens (tertiary/aromatic N) is 2. The van der Waals surface area contributed by atoms with E-state index < -0.39 is 6.09 Å². The van der Waals surface area contributed by atoms with E-state index in [4.69, 9.17) is 0 Å². The van der Waals surface area contributed by atoms with E-state index >= 15 is 0 Å². The maximum absolute atomic E-state index is 11.8. The summed E-state index contributed by atoms with van der Waals surface area (Å²) >= 11 is 0. The molecule has 1 atom stereocenters. The number of rotatable bonds is 2.